The quantitative estimate of drug-likeness (QED) is 0.605. The van der Waals surface area contributed by atoms with Gasteiger partial charge in [0.25, 0.3) is 0 Å². The molecule has 1 aliphatic heterocycles. The van der Waals surface area contributed by atoms with Crippen molar-refractivity contribution < 1.29 is 4.79 Å². The second-order valence-electron chi connectivity index (χ2n) is 7.76. The molecule has 156 valence electrons. The van der Waals surface area contributed by atoms with Gasteiger partial charge in [-0.3, -0.25) is 9.58 Å². The van der Waals surface area contributed by atoms with E-state index < -0.39 is 0 Å². The van der Waals surface area contributed by atoms with Gasteiger partial charge in [-0.25, -0.2) is 4.79 Å². The van der Waals surface area contributed by atoms with Gasteiger partial charge in [-0.1, -0.05) is 48.5 Å². The maximum Gasteiger partial charge on any atom is 0.315 e. The molecular weight excluding hydrogens is 374 g/mol. The molecule has 0 radical (unpaired) electrons. The Morgan fingerprint density at radius 2 is 1.37 bits per heavy atom. The van der Waals surface area contributed by atoms with Crippen molar-refractivity contribution in [3.05, 3.63) is 89.2 Å². The minimum atomic E-state index is -0.153. The van der Waals surface area contributed by atoms with Crippen molar-refractivity contribution in [1.82, 2.24) is 25.3 Å². The standard InChI is InChI=1S/C24H29N5O/c30-24(25-16-20-8-1-3-10-22(20)18-28-13-5-6-14-28)26-17-21-9-2-4-11-23(21)19-29-15-7-12-27-29/h1-4,7-12,15H,5-6,13-14,16-19H2,(H2,25,26,30). The van der Waals surface area contributed by atoms with Crippen LogP contribution in [0.15, 0.2) is 67.0 Å². The number of carbonyl (C=O) groups excluding carboxylic acids is 1. The van der Waals surface area contributed by atoms with E-state index in [2.05, 4.69) is 44.9 Å². The van der Waals surface area contributed by atoms with Crippen LogP contribution in [0.4, 0.5) is 4.79 Å². The smallest absolute Gasteiger partial charge is 0.315 e. The molecule has 0 spiro atoms. The third kappa shape index (κ3) is 5.48. The van der Waals surface area contributed by atoms with Crippen LogP contribution in [0.5, 0.6) is 0 Å². The lowest BCUT2D eigenvalue weighted by molar-refractivity contribution is 0.240. The van der Waals surface area contributed by atoms with Crippen LogP contribution in [0.25, 0.3) is 0 Å². The van der Waals surface area contributed by atoms with E-state index in [1.54, 1.807) is 6.20 Å². The van der Waals surface area contributed by atoms with Crippen LogP contribution in [-0.2, 0) is 26.2 Å². The lowest BCUT2D eigenvalue weighted by atomic mass is 10.1. The van der Waals surface area contributed by atoms with Crippen molar-refractivity contribution in [3.63, 3.8) is 0 Å². The molecule has 1 saturated heterocycles. The van der Waals surface area contributed by atoms with Gasteiger partial charge in [-0.05, 0) is 54.3 Å². The first kappa shape index (κ1) is 20.2. The second-order valence-corrected chi connectivity index (χ2v) is 7.76. The summed E-state index contributed by atoms with van der Waals surface area (Å²) in [6, 6.07) is 18.3. The maximum absolute atomic E-state index is 12.4. The predicted molar refractivity (Wildman–Crippen MR) is 118 cm³/mol. The van der Waals surface area contributed by atoms with E-state index in [-0.39, 0.29) is 6.03 Å². The van der Waals surface area contributed by atoms with Crippen molar-refractivity contribution in [1.29, 1.82) is 0 Å². The zero-order valence-electron chi connectivity index (χ0n) is 17.3. The summed E-state index contributed by atoms with van der Waals surface area (Å²) in [5.41, 5.74) is 4.72. The Hall–Kier alpha value is -3.12. The van der Waals surface area contributed by atoms with E-state index >= 15 is 0 Å². The lowest BCUT2D eigenvalue weighted by Gasteiger charge is -2.18. The topological polar surface area (TPSA) is 62.2 Å². The molecule has 1 aromatic heterocycles. The summed E-state index contributed by atoms with van der Waals surface area (Å²) in [5, 5.41) is 10.3. The Morgan fingerprint density at radius 3 is 1.93 bits per heavy atom. The minimum absolute atomic E-state index is 0.153. The molecule has 3 aromatic rings. The third-order valence-corrected chi connectivity index (χ3v) is 5.60. The minimum Gasteiger partial charge on any atom is -0.334 e. The van der Waals surface area contributed by atoms with Gasteiger partial charge in [0.1, 0.15) is 0 Å². The number of carbonyl (C=O) groups is 1. The fourth-order valence-corrected chi connectivity index (χ4v) is 3.93. The molecule has 0 saturated carbocycles. The first-order valence-corrected chi connectivity index (χ1v) is 10.6. The van der Waals surface area contributed by atoms with Gasteiger partial charge in [0.05, 0.1) is 6.54 Å². The maximum atomic E-state index is 12.4. The number of nitrogens with zero attached hydrogens (tertiary/aromatic N) is 3. The highest BCUT2D eigenvalue weighted by atomic mass is 16.2. The average molecular weight is 404 g/mol. The summed E-state index contributed by atoms with van der Waals surface area (Å²) in [7, 11) is 0. The molecule has 2 amide bonds. The van der Waals surface area contributed by atoms with Crippen molar-refractivity contribution in [2.45, 2.75) is 39.0 Å². The van der Waals surface area contributed by atoms with Crippen LogP contribution in [0, 0.1) is 0 Å². The van der Waals surface area contributed by atoms with Crippen LogP contribution in [0.2, 0.25) is 0 Å². The van der Waals surface area contributed by atoms with Gasteiger partial charge in [-0.2, -0.15) is 5.10 Å². The highest BCUT2D eigenvalue weighted by Crippen LogP contribution is 2.16. The molecule has 0 unspecified atom stereocenters. The first-order valence-electron chi connectivity index (χ1n) is 10.6. The number of hydrogen-bond donors (Lipinski definition) is 2. The van der Waals surface area contributed by atoms with Crippen LogP contribution in [0.1, 0.15) is 35.1 Å². The van der Waals surface area contributed by atoms with E-state index in [1.165, 1.54) is 37.1 Å². The Morgan fingerprint density at radius 1 is 0.800 bits per heavy atom. The number of benzene rings is 2. The Balaban J connectivity index is 1.30. The Labute approximate surface area is 177 Å². The van der Waals surface area contributed by atoms with Crippen LogP contribution in [0.3, 0.4) is 0 Å². The number of amides is 2. The van der Waals surface area contributed by atoms with Crippen LogP contribution < -0.4 is 10.6 Å². The zero-order chi connectivity index (χ0) is 20.6. The molecule has 6 heteroatoms. The highest BCUT2D eigenvalue weighted by Gasteiger charge is 2.14. The molecule has 0 atom stereocenters. The molecule has 6 nitrogen and oxygen atoms in total. The second kappa shape index (κ2) is 10.1. The summed E-state index contributed by atoms with van der Waals surface area (Å²) in [6.45, 7) is 5.00. The van der Waals surface area contributed by atoms with E-state index in [0.717, 1.165) is 17.7 Å². The van der Waals surface area contributed by atoms with E-state index in [9.17, 15) is 4.79 Å². The number of aromatic nitrogens is 2. The Bertz CT molecular complexity index is 948. The molecule has 0 aliphatic carbocycles. The summed E-state index contributed by atoms with van der Waals surface area (Å²) in [5.74, 6) is 0. The fourth-order valence-electron chi connectivity index (χ4n) is 3.93. The summed E-state index contributed by atoms with van der Waals surface area (Å²) < 4.78 is 1.89. The summed E-state index contributed by atoms with van der Waals surface area (Å²) in [4.78, 5) is 14.9. The first-order chi connectivity index (χ1) is 14.8. The molecule has 30 heavy (non-hydrogen) atoms. The average Bonchev–Trinajstić information content (AvgIpc) is 3.47. The molecule has 1 fully saturated rings. The molecule has 2 heterocycles. The molecular formula is C24H29N5O. The Kier molecular flexibility index (Phi) is 6.77. The van der Waals surface area contributed by atoms with Gasteiger partial charge in [-0.15, -0.1) is 0 Å². The van der Waals surface area contributed by atoms with E-state index in [4.69, 9.17) is 0 Å². The van der Waals surface area contributed by atoms with Gasteiger partial charge >= 0.3 is 6.03 Å². The van der Waals surface area contributed by atoms with Crippen LogP contribution in [-0.4, -0.2) is 33.8 Å². The van der Waals surface area contributed by atoms with Gasteiger partial charge < -0.3 is 10.6 Å². The van der Waals surface area contributed by atoms with E-state index in [0.29, 0.717) is 19.6 Å². The number of urea groups is 1. The number of hydrogen-bond acceptors (Lipinski definition) is 3. The van der Waals surface area contributed by atoms with Gasteiger partial charge in [0.2, 0.25) is 0 Å². The lowest BCUT2D eigenvalue weighted by Crippen LogP contribution is -2.35. The molecule has 2 aromatic carbocycles. The number of rotatable bonds is 8. The van der Waals surface area contributed by atoms with Gasteiger partial charge in [0.15, 0.2) is 0 Å². The molecule has 4 rings (SSSR count). The molecule has 2 N–H and O–H groups in total. The SMILES string of the molecule is O=C(NCc1ccccc1CN1CCCC1)NCc1ccccc1Cn1cccn1. The molecule has 0 bridgehead atoms. The third-order valence-electron chi connectivity index (χ3n) is 5.60. The molecule has 1 aliphatic rings. The largest absolute Gasteiger partial charge is 0.334 e. The number of likely N-dealkylation sites (tertiary alicyclic amines) is 1. The summed E-state index contributed by atoms with van der Waals surface area (Å²) >= 11 is 0. The van der Waals surface area contributed by atoms with Gasteiger partial charge in [0, 0.05) is 32.0 Å². The van der Waals surface area contributed by atoms with Crippen molar-refractivity contribution >= 4 is 6.03 Å². The summed E-state index contributed by atoms with van der Waals surface area (Å²) in [6.07, 6.45) is 6.28. The van der Waals surface area contributed by atoms with E-state index in [1.807, 2.05) is 41.2 Å². The normalized spacial score (nSPS) is 14.0. The van der Waals surface area contributed by atoms with Crippen molar-refractivity contribution in [3.8, 4) is 0 Å². The zero-order valence-corrected chi connectivity index (χ0v) is 17.3. The van der Waals surface area contributed by atoms with Crippen LogP contribution >= 0.6 is 0 Å². The number of nitrogens with one attached hydrogen (secondary N) is 2. The predicted octanol–water partition coefficient (Wildman–Crippen LogP) is 3.53. The highest BCUT2D eigenvalue weighted by molar-refractivity contribution is 5.73. The van der Waals surface area contributed by atoms with Crippen molar-refractivity contribution in [2.75, 3.05) is 13.1 Å². The van der Waals surface area contributed by atoms with Crippen molar-refractivity contribution in [2.24, 2.45) is 0 Å². The monoisotopic (exact) mass is 403 g/mol. The fraction of sp³-hybridized carbons (Fsp3) is 0.333.